The molecule has 0 aliphatic carbocycles. The maximum absolute atomic E-state index is 5.53. The topological polar surface area (TPSA) is 22.3 Å². The van der Waals surface area contributed by atoms with E-state index in [0.717, 1.165) is 32.4 Å². The number of hydrogen-bond donors (Lipinski definition) is 0. The van der Waals surface area contributed by atoms with Crippen LogP contribution in [0.3, 0.4) is 0 Å². The van der Waals surface area contributed by atoms with Crippen molar-refractivity contribution in [3.63, 3.8) is 0 Å². The molecule has 0 N–H and O–H groups in total. The van der Waals surface area contributed by atoms with E-state index < -0.39 is 0 Å². The van der Waals surface area contributed by atoms with Gasteiger partial charge in [0, 0.05) is 20.1 Å². The second kappa shape index (κ2) is 7.79. The van der Waals surface area contributed by atoms with Crippen LogP contribution >= 0.6 is 11.3 Å². The van der Waals surface area contributed by atoms with Crippen LogP contribution in [-0.4, -0.2) is 20.0 Å². The fourth-order valence-electron chi connectivity index (χ4n) is 1.35. The van der Waals surface area contributed by atoms with E-state index in [9.17, 15) is 0 Å². The lowest BCUT2D eigenvalue weighted by atomic mass is 10.3. The summed E-state index contributed by atoms with van der Waals surface area (Å²) in [6, 6.07) is 0. The number of unbranched alkanes of at least 4 members (excludes halogenated alkanes) is 1. The molecule has 0 amide bonds. The Morgan fingerprint density at radius 2 is 2.27 bits per heavy atom. The van der Waals surface area contributed by atoms with Gasteiger partial charge in [-0.1, -0.05) is 18.3 Å². The van der Waals surface area contributed by atoms with E-state index in [1.54, 1.807) is 18.4 Å². The molecule has 0 aliphatic heterocycles. The first-order valence-electron chi connectivity index (χ1n) is 5.42. The first kappa shape index (κ1) is 12.6. The number of rotatable bonds is 8. The summed E-state index contributed by atoms with van der Waals surface area (Å²) in [5.41, 5.74) is 2.13. The third-order valence-electron chi connectivity index (χ3n) is 2.24. The minimum atomic E-state index is -0.0289. The quantitative estimate of drug-likeness (QED) is 0.388. The fourth-order valence-corrected chi connectivity index (χ4v) is 1.98. The van der Waals surface area contributed by atoms with Crippen molar-refractivity contribution in [3.05, 3.63) is 17.1 Å². The van der Waals surface area contributed by atoms with Gasteiger partial charge in [0.1, 0.15) is 6.54 Å². The lowest BCUT2D eigenvalue weighted by molar-refractivity contribution is -0.692. The van der Waals surface area contributed by atoms with E-state index in [-0.39, 0.29) is 6.29 Å². The summed E-state index contributed by atoms with van der Waals surface area (Å²) in [4.78, 5) is 0. The summed E-state index contributed by atoms with van der Waals surface area (Å²) >= 11 is 1.73. The van der Waals surface area contributed by atoms with E-state index in [2.05, 4.69) is 28.6 Å². The zero-order valence-electron chi connectivity index (χ0n) is 9.52. The van der Waals surface area contributed by atoms with E-state index in [1.807, 2.05) is 0 Å². The van der Waals surface area contributed by atoms with Crippen molar-refractivity contribution in [1.29, 1.82) is 0 Å². The Kier molecular flexibility index (Phi) is 6.55. The highest BCUT2D eigenvalue weighted by molar-refractivity contribution is 7.07. The van der Waals surface area contributed by atoms with Crippen molar-refractivity contribution < 1.29 is 14.0 Å². The van der Waals surface area contributed by atoms with Gasteiger partial charge >= 0.3 is 0 Å². The van der Waals surface area contributed by atoms with Crippen LogP contribution in [0.1, 0.15) is 26.2 Å². The molecular weight excluding hydrogens is 210 g/mol. The molecule has 3 nitrogen and oxygen atoms in total. The minimum Gasteiger partial charge on any atom is -0.356 e. The van der Waals surface area contributed by atoms with E-state index >= 15 is 0 Å². The zero-order chi connectivity index (χ0) is 10.9. The first-order valence-corrected chi connectivity index (χ1v) is 6.36. The monoisotopic (exact) mass is 230 g/mol. The average Bonchev–Trinajstić information content (AvgIpc) is 2.76. The summed E-state index contributed by atoms with van der Waals surface area (Å²) in [6.07, 6.45) is 5.23. The van der Waals surface area contributed by atoms with Gasteiger partial charge in [-0.2, -0.15) is 4.57 Å². The molecule has 0 saturated carbocycles. The Hall–Kier alpha value is -0.450. The summed E-state index contributed by atoms with van der Waals surface area (Å²) in [6.45, 7) is 3.93. The van der Waals surface area contributed by atoms with Crippen LogP contribution in [0, 0.1) is 0 Å². The summed E-state index contributed by atoms with van der Waals surface area (Å²) in [5.74, 6) is 0. The predicted octanol–water partition coefficient (Wildman–Crippen LogP) is 2.21. The average molecular weight is 230 g/mol. The Labute approximate surface area is 95.6 Å². The molecule has 1 heterocycles. The smallest absolute Gasteiger partial charge is 0.224 e. The second-order valence-corrected chi connectivity index (χ2v) is 4.17. The highest BCUT2D eigenvalue weighted by Gasteiger charge is 2.04. The lowest BCUT2D eigenvalue weighted by Gasteiger charge is -2.13. The van der Waals surface area contributed by atoms with Crippen LogP contribution in [-0.2, 0) is 16.0 Å². The molecule has 0 saturated heterocycles. The summed E-state index contributed by atoms with van der Waals surface area (Å²) < 4.78 is 12.9. The zero-order valence-corrected chi connectivity index (χ0v) is 10.3. The third-order valence-corrected chi connectivity index (χ3v) is 2.91. The van der Waals surface area contributed by atoms with Crippen LogP contribution in [0.4, 0.5) is 0 Å². The third kappa shape index (κ3) is 5.25. The molecule has 86 valence electrons. The van der Waals surface area contributed by atoms with Crippen molar-refractivity contribution in [1.82, 2.24) is 0 Å². The van der Waals surface area contributed by atoms with Gasteiger partial charge in [0.15, 0.2) is 12.5 Å². The minimum absolute atomic E-state index is 0.0289. The molecule has 0 spiro atoms. The van der Waals surface area contributed by atoms with Crippen LogP contribution in [0.25, 0.3) is 0 Å². The van der Waals surface area contributed by atoms with Crippen molar-refractivity contribution in [2.75, 3.05) is 13.7 Å². The van der Waals surface area contributed by atoms with Gasteiger partial charge in [-0.15, -0.1) is 0 Å². The van der Waals surface area contributed by atoms with Gasteiger partial charge in [0.2, 0.25) is 5.51 Å². The highest BCUT2D eigenvalue weighted by Crippen LogP contribution is 2.00. The largest absolute Gasteiger partial charge is 0.356 e. The Morgan fingerprint density at radius 1 is 1.40 bits per heavy atom. The number of aromatic nitrogens is 1. The summed E-state index contributed by atoms with van der Waals surface area (Å²) in [5, 5.41) is 2.09. The number of thiazole rings is 1. The van der Waals surface area contributed by atoms with Gasteiger partial charge in [0.05, 0.1) is 5.38 Å². The molecule has 0 aliphatic rings. The number of methoxy groups -OCH3 is 1. The molecule has 4 heteroatoms. The van der Waals surface area contributed by atoms with Crippen molar-refractivity contribution in [2.45, 2.75) is 39.0 Å². The van der Waals surface area contributed by atoms with Crippen LogP contribution in [0.2, 0.25) is 0 Å². The van der Waals surface area contributed by atoms with Crippen molar-refractivity contribution >= 4 is 11.3 Å². The van der Waals surface area contributed by atoms with Crippen molar-refractivity contribution in [3.8, 4) is 0 Å². The molecule has 1 unspecified atom stereocenters. The Balaban J connectivity index is 1.97. The molecule has 0 radical (unpaired) electrons. The van der Waals surface area contributed by atoms with Crippen molar-refractivity contribution in [2.24, 2.45) is 0 Å². The lowest BCUT2D eigenvalue weighted by Crippen LogP contribution is -2.30. The van der Waals surface area contributed by atoms with E-state index in [0.29, 0.717) is 0 Å². The SMILES string of the molecule is CCC(OC)OCCCC[n+]1ccsc1. The molecule has 0 aromatic carbocycles. The van der Waals surface area contributed by atoms with E-state index in [4.69, 9.17) is 9.47 Å². The molecule has 1 atom stereocenters. The van der Waals surface area contributed by atoms with Crippen LogP contribution in [0.5, 0.6) is 0 Å². The van der Waals surface area contributed by atoms with Crippen LogP contribution in [0.15, 0.2) is 17.1 Å². The number of hydrogen-bond acceptors (Lipinski definition) is 3. The number of aryl methyl sites for hydroxylation is 1. The molecule has 1 aromatic heterocycles. The number of ether oxygens (including phenoxy) is 2. The normalized spacial score (nSPS) is 12.9. The number of nitrogens with zero attached hydrogens (tertiary/aromatic N) is 1. The second-order valence-electron chi connectivity index (χ2n) is 3.42. The maximum Gasteiger partial charge on any atom is 0.224 e. The molecule has 0 bridgehead atoms. The molecule has 1 rings (SSSR count). The van der Waals surface area contributed by atoms with Gasteiger partial charge in [-0.25, -0.2) is 0 Å². The van der Waals surface area contributed by atoms with E-state index in [1.165, 1.54) is 0 Å². The predicted molar refractivity (Wildman–Crippen MR) is 60.8 cm³/mol. The highest BCUT2D eigenvalue weighted by atomic mass is 32.1. The first-order chi connectivity index (χ1) is 7.36. The molecule has 0 fully saturated rings. The van der Waals surface area contributed by atoms with Crippen LogP contribution < -0.4 is 4.57 Å². The standard InChI is InChI=1S/C11H20NO2S/c1-3-11(13-2)14-8-5-4-6-12-7-9-15-10-12/h7,9-11H,3-6,8H2,1-2H3/q+1. The Morgan fingerprint density at radius 3 is 2.87 bits per heavy atom. The van der Waals surface area contributed by atoms with Gasteiger partial charge in [0.25, 0.3) is 0 Å². The Bertz CT molecular complexity index is 235. The van der Waals surface area contributed by atoms with Gasteiger partial charge < -0.3 is 9.47 Å². The maximum atomic E-state index is 5.53. The fraction of sp³-hybridized carbons (Fsp3) is 0.727. The van der Waals surface area contributed by atoms with Gasteiger partial charge in [-0.05, 0) is 12.8 Å². The summed E-state index contributed by atoms with van der Waals surface area (Å²) in [7, 11) is 1.69. The molecular formula is C11H20NO2S+. The molecule has 15 heavy (non-hydrogen) atoms. The van der Waals surface area contributed by atoms with Gasteiger partial charge in [-0.3, -0.25) is 0 Å². The molecule has 1 aromatic rings.